The minimum atomic E-state index is -0.128. The van der Waals surface area contributed by atoms with E-state index in [1.54, 1.807) is 23.8 Å². The number of esters is 1. The van der Waals surface area contributed by atoms with Crippen molar-refractivity contribution in [3.05, 3.63) is 21.6 Å². The molecule has 1 aromatic rings. The fourth-order valence-electron chi connectivity index (χ4n) is 7.84. The highest BCUT2D eigenvalue weighted by molar-refractivity contribution is 7.16. The molecule has 162 valence electrons. The Labute approximate surface area is 183 Å². The van der Waals surface area contributed by atoms with Crippen LogP contribution >= 0.6 is 11.3 Å². The second-order valence-corrected chi connectivity index (χ2v) is 11.8. The number of hydrogen-bond donors (Lipinski definition) is 2. The fraction of sp³-hybridized carbons (Fsp3) is 0.680. The molecule has 1 aromatic heterocycles. The molecule has 4 nitrogen and oxygen atoms in total. The van der Waals surface area contributed by atoms with Crippen LogP contribution in [-0.4, -0.2) is 17.8 Å². The average molecular weight is 427 g/mol. The quantitative estimate of drug-likeness (QED) is 0.461. The van der Waals surface area contributed by atoms with E-state index in [9.17, 15) is 4.79 Å². The summed E-state index contributed by atoms with van der Waals surface area (Å²) in [7, 11) is 0. The molecular weight excluding hydrogens is 392 g/mol. The topological polar surface area (TPSA) is 76.2 Å². The van der Waals surface area contributed by atoms with Gasteiger partial charge in [-0.3, -0.25) is 4.79 Å². The van der Waals surface area contributed by atoms with Crippen LogP contribution in [0.4, 0.5) is 5.00 Å². The molecule has 0 aromatic carbocycles. The Morgan fingerprint density at radius 2 is 1.97 bits per heavy atom. The van der Waals surface area contributed by atoms with Crippen LogP contribution in [0.5, 0.6) is 0 Å². The first kappa shape index (κ1) is 20.3. The first-order chi connectivity index (χ1) is 14.1. The van der Waals surface area contributed by atoms with Gasteiger partial charge in [0.15, 0.2) is 0 Å². The second-order valence-electron chi connectivity index (χ2n) is 10.7. The van der Waals surface area contributed by atoms with Crippen LogP contribution in [0.25, 0.3) is 6.08 Å². The van der Waals surface area contributed by atoms with Crippen LogP contribution in [0.1, 0.15) is 82.2 Å². The minimum absolute atomic E-state index is 0.0962. The van der Waals surface area contributed by atoms with Gasteiger partial charge < -0.3 is 15.9 Å². The molecule has 0 radical (unpaired) electrons. The highest BCUT2D eigenvalue weighted by Crippen LogP contribution is 2.66. The Balaban J connectivity index is 1.48. The van der Waals surface area contributed by atoms with Crippen molar-refractivity contribution in [1.82, 2.24) is 0 Å². The first-order valence-corrected chi connectivity index (χ1v) is 12.3. The number of ether oxygens (including phenoxy) is 1. The summed E-state index contributed by atoms with van der Waals surface area (Å²) in [4.78, 5) is 13.1. The minimum Gasteiger partial charge on any atom is -0.462 e. The molecule has 1 heterocycles. The van der Waals surface area contributed by atoms with E-state index in [-0.39, 0.29) is 22.9 Å². The molecule has 0 spiro atoms. The molecule has 4 aliphatic carbocycles. The average Bonchev–Trinajstić information content (AvgIpc) is 3.14. The number of allylic oxidation sites excluding steroid dienone is 1. The number of nitrogens with two attached hydrogens (primary N) is 1. The van der Waals surface area contributed by atoms with Crippen molar-refractivity contribution in [3.63, 3.8) is 0 Å². The number of anilines is 1. The van der Waals surface area contributed by atoms with Gasteiger partial charge in [0.25, 0.3) is 0 Å². The molecule has 5 rings (SSSR count). The van der Waals surface area contributed by atoms with E-state index in [4.69, 9.17) is 15.9 Å². The van der Waals surface area contributed by atoms with E-state index in [1.807, 2.05) is 6.92 Å². The van der Waals surface area contributed by atoms with E-state index in [2.05, 4.69) is 19.9 Å². The van der Waals surface area contributed by atoms with Crippen LogP contribution in [0.3, 0.4) is 0 Å². The summed E-state index contributed by atoms with van der Waals surface area (Å²) in [6.45, 7) is 8.29. The Morgan fingerprint density at radius 3 is 2.67 bits per heavy atom. The maximum atomic E-state index is 11.7. The summed E-state index contributed by atoms with van der Waals surface area (Å²) < 4.78 is 5.80. The van der Waals surface area contributed by atoms with E-state index >= 15 is 0 Å². The van der Waals surface area contributed by atoms with Gasteiger partial charge in [0.1, 0.15) is 6.10 Å². The molecule has 3 N–H and O–H groups in total. The lowest BCUT2D eigenvalue weighted by atomic mass is 9.47. The smallest absolute Gasteiger partial charge is 0.302 e. The van der Waals surface area contributed by atoms with Gasteiger partial charge in [-0.05, 0) is 80.6 Å². The maximum absolute atomic E-state index is 11.7. The molecule has 5 heteroatoms. The summed E-state index contributed by atoms with van der Waals surface area (Å²) in [5.74, 6) is 1.94. The third-order valence-electron chi connectivity index (χ3n) is 9.23. The van der Waals surface area contributed by atoms with Gasteiger partial charge in [-0.1, -0.05) is 25.5 Å². The van der Waals surface area contributed by atoms with Gasteiger partial charge in [0.05, 0.1) is 5.00 Å². The third-order valence-corrected chi connectivity index (χ3v) is 10.3. The molecule has 0 bridgehead atoms. The molecule has 0 aliphatic heterocycles. The number of thiophene rings is 1. The van der Waals surface area contributed by atoms with Gasteiger partial charge in [-0.2, -0.15) is 0 Å². The number of nitrogens with one attached hydrogen (secondary N) is 1. The third kappa shape index (κ3) is 2.70. The molecule has 4 aliphatic rings. The molecule has 0 unspecified atom stereocenters. The van der Waals surface area contributed by atoms with Gasteiger partial charge in [-0.15, -0.1) is 11.3 Å². The number of fused-ring (bicyclic) bond motifs is 6. The van der Waals surface area contributed by atoms with E-state index in [1.165, 1.54) is 29.7 Å². The predicted octanol–water partition coefficient (Wildman–Crippen LogP) is 5.83. The number of carbonyl (C=O) groups is 1. The Bertz CT molecular complexity index is 963. The molecule has 0 amide bonds. The van der Waals surface area contributed by atoms with Crippen LogP contribution in [0, 0.1) is 34.0 Å². The molecule has 30 heavy (non-hydrogen) atoms. The zero-order valence-corrected chi connectivity index (χ0v) is 19.5. The number of carbonyl (C=O) groups excluding carboxylic acids is 1. The van der Waals surface area contributed by atoms with Crippen molar-refractivity contribution in [2.24, 2.45) is 28.6 Å². The van der Waals surface area contributed by atoms with Crippen LogP contribution in [0.15, 0.2) is 5.57 Å². The van der Waals surface area contributed by atoms with E-state index in [0.717, 1.165) is 36.2 Å². The Hall–Kier alpha value is -1.62. The number of rotatable bonds is 2. The van der Waals surface area contributed by atoms with Crippen LogP contribution in [0.2, 0.25) is 0 Å². The monoisotopic (exact) mass is 426 g/mol. The molecule has 0 saturated heterocycles. The molecule has 6 atom stereocenters. The van der Waals surface area contributed by atoms with Crippen molar-refractivity contribution >= 4 is 34.1 Å². The highest BCUT2D eigenvalue weighted by atomic mass is 32.1. The van der Waals surface area contributed by atoms with Crippen molar-refractivity contribution in [1.29, 1.82) is 5.41 Å². The lowest BCUT2D eigenvalue weighted by Gasteiger charge is -2.57. The number of nitrogen functional groups attached to an aromatic ring is 1. The van der Waals surface area contributed by atoms with Gasteiger partial charge in [0.2, 0.25) is 0 Å². The van der Waals surface area contributed by atoms with Crippen molar-refractivity contribution in [3.8, 4) is 0 Å². The Kier molecular flexibility index (Phi) is 4.52. The number of hydrogen-bond acceptors (Lipinski definition) is 5. The van der Waals surface area contributed by atoms with Crippen LogP contribution in [-0.2, 0) is 16.0 Å². The summed E-state index contributed by atoms with van der Waals surface area (Å²) in [5.41, 5.74) is 11.0. The molecule has 3 saturated carbocycles. The molecule has 3 fully saturated rings. The second kappa shape index (κ2) is 6.69. The lowest BCUT2D eigenvalue weighted by Crippen LogP contribution is -2.51. The molecular formula is C25H34N2O2S. The van der Waals surface area contributed by atoms with Crippen molar-refractivity contribution in [2.75, 3.05) is 5.73 Å². The summed E-state index contributed by atoms with van der Waals surface area (Å²) in [6.07, 6.45) is 10.5. The van der Waals surface area contributed by atoms with Crippen LogP contribution < -0.4 is 5.73 Å². The SMILES string of the molecule is CC(=N)c1c(N)sc2c1C=C1CC[C@H]3[C@@H]4CC[C@H](OC(C)=O)[C@@]4(C)CC[C@@H]3[C@@]1(C)C2. The van der Waals surface area contributed by atoms with Gasteiger partial charge in [0, 0.05) is 28.5 Å². The maximum Gasteiger partial charge on any atom is 0.302 e. The standard InChI is InChI=1S/C25H34N2O2S/c1-13(26)22-17-11-15-5-6-16-18-7-8-21(29-14(2)28)24(18,3)10-9-19(16)25(15,4)12-20(17)30-23(22)27/h11,16,18-19,21,26H,5-10,12,27H2,1-4H3/t16-,18-,19-,21-,24-,25-/m0/s1. The van der Waals surface area contributed by atoms with Gasteiger partial charge >= 0.3 is 5.97 Å². The zero-order valence-electron chi connectivity index (χ0n) is 18.6. The Morgan fingerprint density at radius 1 is 1.20 bits per heavy atom. The lowest BCUT2D eigenvalue weighted by molar-refractivity contribution is -0.157. The van der Waals surface area contributed by atoms with E-state index < -0.39 is 0 Å². The summed E-state index contributed by atoms with van der Waals surface area (Å²) in [5, 5.41) is 9.00. The predicted molar refractivity (Wildman–Crippen MR) is 123 cm³/mol. The van der Waals surface area contributed by atoms with Crippen molar-refractivity contribution in [2.45, 2.75) is 78.7 Å². The van der Waals surface area contributed by atoms with Crippen molar-refractivity contribution < 1.29 is 9.53 Å². The largest absolute Gasteiger partial charge is 0.462 e. The summed E-state index contributed by atoms with van der Waals surface area (Å²) in [6, 6.07) is 0. The summed E-state index contributed by atoms with van der Waals surface area (Å²) >= 11 is 1.70. The fourth-order valence-corrected chi connectivity index (χ4v) is 9.12. The highest BCUT2D eigenvalue weighted by Gasteiger charge is 2.60. The zero-order chi connectivity index (χ0) is 21.4. The normalized spacial score (nSPS) is 39.3. The van der Waals surface area contributed by atoms with E-state index in [0.29, 0.717) is 23.5 Å². The first-order valence-electron chi connectivity index (χ1n) is 11.5. The van der Waals surface area contributed by atoms with Gasteiger partial charge in [-0.25, -0.2) is 0 Å².